The molecule has 3 nitrogen and oxygen atoms in total. The zero-order valence-corrected chi connectivity index (χ0v) is 8.20. The molecule has 0 aromatic carbocycles. The van der Waals surface area contributed by atoms with E-state index < -0.39 is 6.10 Å². The first-order chi connectivity index (χ1) is 6.15. The van der Waals surface area contributed by atoms with E-state index in [4.69, 9.17) is 17.3 Å². The Bertz CT molecular complexity index is 280. The SMILES string of the molecule is CC[C@@H](N)[C@H](O)c1cccc(Cl)n1. The molecule has 0 unspecified atom stereocenters. The van der Waals surface area contributed by atoms with Gasteiger partial charge in [0.15, 0.2) is 0 Å². The quantitative estimate of drug-likeness (QED) is 0.728. The van der Waals surface area contributed by atoms with Crippen LogP contribution < -0.4 is 5.73 Å². The van der Waals surface area contributed by atoms with Crippen molar-refractivity contribution in [1.82, 2.24) is 4.98 Å². The molecule has 0 bridgehead atoms. The van der Waals surface area contributed by atoms with Crippen LogP contribution in [-0.2, 0) is 0 Å². The first-order valence-electron chi connectivity index (χ1n) is 4.21. The maximum Gasteiger partial charge on any atom is 0.129 e. The highest BCUT2D eigenvalue weighted by atomic mass is 35.5. The van der Waals surface area contributed by atoms with Gasteiger partial charge in [-0.05, 0) is 18.6 Å². The van der Waals surface area contributed by atoms with Crippen LogP contribution in [0.5, 0.6) is 0 Å². The van der Waals surface area contributed by atoms with Crippen molar-refractivity contribution in [3.8, 4) is 0 Å². The number of aliphatic hydroxyl groups excluding tert-OH is 1. The number of rotatable bonds is 3. The molecular formula is C9H13ClN2O. The Balaban J connectivity index is 2.82. The van der Waals surface area contributed by atoms with Gasteiger partial charge in [-0.3, -0.25) is 0 Å². The minimum atomic E-state index is -0.733. The fourth-order valence-electron chi connectivity index (χ4n) is 1.03. The molecule has 0 fully saturated rings. The highest BCUT2D eigenvalue weighted by molar-refractivity contribution is 6.29. The van der Waals surface area contributed by atoms with E-state index in [0.717, 1.165) is 0 Å². The van der Waals surface area contributed by atoms with Gasteiger partial charge in [0.25, 0.3) is 0 Å². The molecule has 1 heterocycles. The predicted octanol–water partition coefficient (Wildman–Crippen LogP) is 1.51. The van der Waals surface area contributed by atoms with Crippen molar-refractivity contribution in [2.45, 2.75) is 25.5 Å². The molecule has 0 radical (unpaired) electrons. The Morgan fingerprint density at radius 2 is 2.31 bits per heavy atom. The molecule has 1 rings (SSSR count). The fourth-order valence-corrected chi connectivity index (χ4v) is 1.20. The standard InChI is InChI=1S/C9H13ClN2O/c1-2-6(11)9(13)7-4-3-5-8(10)12-7/h3-6,9,13H,2,11H2,1H3/t6-,9+/m1/s1. The zero-order valence-electron chi connectivity index (χ0n) is 7.44. The molecule has 1 aromatic heterocycles. The zero-order chi connectivity index (χ0) is 9.84. The van der Waals surface area contributed by atoms with Crippen LogP contribution in [0.25, 0.3) is 0 Å². The highest BCUT2D eigenvalue weighted by Gasteiger charge is 2.16. The molecule has 72 valence electrons. The minimum absolute atomic E-state index is 0.286. The molecule has 0 spiro atoms. The maximum absolute atomic E-state index is 9.67. The van der Waals surface area contributed by atoms with Crippen LogP contribution in [0.3, 0.4) is 0 Å². The molecule has 3 N–H and O–H groups in total. The van der Waals surface area contributed by atoms with E-state index in [0.29, 0.717) is 17.3 Å². The average molecular weight is 201 g/mol. The summed E-state index contributed by atoms with van der Waals surface area (Å²) in [4.78, 5) is 3.98. The fraction of sp³-hybridized carbons (Fsp3) is 0.444. The number of halogens is 1. The van der Waals surface area contributed by atoms with Crippen molar-refractivity contribution in [3.63, 3.8) is 0 Å². The third-order valence-electron chi connectivity index (χ3n) is 1.92. The summed E-state index contributed by atoms with van der Waals surface area (Å²) in [5.41, 5.74) is 6.19. The number of nitrogens with two attached hydrogens (primary N) is 1. The van der Waals surface area contributed by atoms with Gasteiger partial charge in [0, 0.05) is 6.04 Å². The number of hydrogen-bond donors (Lipinski definition) is 2. The second-order valence-electron chi connectivity index (χ2n) is 2.90. The molecule has 0 aliphatic heterocycles. The monoisotopic (exact) mass is 200 g/mol. The van der Waals surface area contributed by atoms with E-state index in [1.165, 1.54) is 0 Å². The van der Waals surface area contributed by atoms with Crippen LogP contribution in [0, 0.1) is 0 Å². The van der Waals surface area contributed by atoms with E-state index in [1.54, 1.807) is 18.2 Å². The first-order valence-corrected chi connectivity index (χ1v) is 4.59. The number of nitrogens with zero attached hydrogens (tertiary/aromatic N) is 1. The lowest BCUT2D eigenvalue weighted by Gasteiger charge is -2.16. The molecule has 0 amide bonds. The number of hydrogen-bond acceptors (Lipinski definition) is 3. The first kappa shape index (κ1) is 10.4. The minimum Gasteiger partial charge on any atom is -0.385 e. The van der Waals surface area contributed by atoms with Gasteiger partial charge in [0.2, 0.25) is 0 Å². The third-order valence-corrected chi connectivity index (χ3v) is 2.13. The maximum atomic E-state index is 9.67. The summed E-state index contributed by atoms with van der Waals surface area (Å²) in [6, 6.07) is 4.84. The van der Waals surface area contributed by atoms with Gasteiger partial charge in [-0.1, -0.05) is 24.6 Å². The number of pyridine rings is 1. The van der Waals surface area contributed by atoms with Gasteiger partial charge < -0.3 is 10.8 Å². The lowest BCUT2D eigenvalue weighted by molar-refractivity contribution is 0.140. The van der Waals surface area contributed by atoms with Crippen LogP contribution in [-0.4, -0.2) is 16.1 Å². The second kappa shape index (κ2) is 4.56. The summed E-state index contributed by atoms with van der Waals surface area (Å²) in [7, 11) is 0. The van der Waals surface area contributed by atoms with Crippen molar-refractivity contribution in [2.24, 2.45) is 5.73 Å². The van der Waals surface area contributed by atoms with Gasteiger partial charge in [-0.15, -0.1) is 0 Å². The Kier molecular flexibility index (Phi) is 3.66. The molecule has 0 saturated heterocycles. The number of aromatic nitrogens is 1. The lowest BCUT2D eigenvalue weighted by atomic mass is 10.1. The van der Waals surface area contributed by atoms with Crippen molar-refractivity contribution in [2.75, 3.05) is 0 Å². The molecule has 4 heteroatoms. The Labute approximate surface area is 82.5 Å². The van der Waals surface area contributed by atoms with Crippen LogP contribution >= 0.6 is 11.6 Å². The van der Waals surface area contributed by atoms with E-state index >= 15 is 0 Å². The summed E-state index contributed by atoms with van der Waals surface area (Å²) in [6.45, 7) is 1.92. The van der Waals surface area contributed by atoms with Crippen molar-refractivity contribution >= 4 is 11.6 Å². The van der Waals surface area contributed by atoms with E-state index in [1.807, 2.05) is 6.92 Å². The third kappa shape index (κ3) is 2.66. The van der Waals surface area contributed by atoms with E-state index in [2.05, 4.69) is 4.98 Å². The summed E-state index contributed by atoms with van der Waals surface area (Å²) in [5.74, 6) is 0. The van der Waals surface area contributed by atoms with Crippen molar-refractivity contribution in [3.05, 3.63) is 29.0 Å². The topological polar surface area (TPSA) is 59.1 Å². The van der Waals surface area contributed by atoms with Gasteiger partial charge in [-0.2, -0.15) is 0 Å². The highest BCUT2D eigenvalue weighted by Crippen LogP contribution is 2.16. The van der Waals surface area contributed by atoms with Gasteiger partial charge in [0.05, 0.1) is 5.69 Å². The van der Waals surface area contributed by atoms with Crippen LogP contribution in [0.15, 0.2) is 18.2 Å². The predicted molar refractivity (Wildman–Crippen MR) is 52.5 cm³/mol. The van der Waals surface area contributed by atoms with Crippen LogP contribution in [0.4, 0.5) is 0 Å². The number of aliphatic hydroxyl groups is 1. The molecule has 0 saturated carbocycles. The Morgan fingerprint density at radius 1 is 1.62 bits per heavy atom. The molecular weight excluding hydrogens is 188 g/mol. The molecule has 1 aromatic rings. The average Bonchev–Trinajstić information content (AvgIpc) is 2.15. The van der Waals surface area contributed by atoms with Gasteiger partial charge in [-0.25, -0.2) is 4.98 Å². The summed E-state index contributed by atoms with van der Waals surface area (Å²) in [6.07, 6.45) is -0.0290. The van der Waals surface area contributed by atoms with Crippen LogP contribution in [0.2, 0.25) is 5.15 Å². The summed E-state index contributed by atoms with van der Waals surface area (Å²) in [5, 5.41) is 10.0. The summed E-state index contributed by atoms with van der Waals surface area (Å²) < 4.78 is 0. The Morgan fingerprint density at radius 3 is 2.85 bits per heavy atom. The van der Waals surface area contributed by atoms with Crippen LogP contribution in [0.1, 0.15) is 25.1 Å². The smallest absolute Gasteiger partial charge is 0.129 e. The lowest BCUT2D eigenvalue weighted by Crippen LogP contribution is -2.27. The van der Waals surface area contributed by atoms with Gasteiger partial charge in [0.1, 0.15) is 11.3 Å². The normalized spacial score (nSPS) is 15.4. The van der Waals surface area contributed by atoms with E-state index in [9.17, 15) is 5.11 Å². The van der Waals surface area contributed by atoms with Crippen molar-refractivity contribution < 1.29 is 5.11 Å². The molecule has 0 aliphatic rings. The van der Waals surface area contributed by atoms with E-state index in [-0.39, 0.29) is 6.04 Å². The molecule has 0 aliphatic carbocycles. The summed E-state index contributed by atoms with van der Waals surface area (Å²) >= 11 is 5.67. The largest absolute Gasteiger partial charge is 0.385 e. The van der Waals surface area contributed by atoms with Gasteiger partial charge >= 0.3 is 0 Å². The molecule has 13 heavy (non-hydrogen) atoms. The van der Waals surface area contributed by atoms with Crippen molar-refractivity contribution in [1.29, 1.82) is 0 Å². The molecule has 2 atom stereocenters. The Hall–Kier alpha value is -0.640. The second-order valence-corrected chi connectivity index (χ2v) is 3.29.